The van der Waals surface area contributed by atoms with Crippen LogP contribution >= 0.6 is 11.6 Å². The SMILES string of the molecule is CC(NC(=O)Cc1ccc(Cl)cc1)c1ccc(NC(=O)C2CC2)cc1. The van der Waals surface area contributed by atoms with Gasteiger partial charge in [-0.3, -0.25) is 9.59 Å². The summed E-state index contributed by atoms with van der Waals surface area (Å²) < 4.78 is 0. The van der Waals surface area contributed by atoms with Crippen molar-refractivity contribution >= 4 is 29.1 Å². The van der Waals surface area contributed by atoms with Gasteiger partial charge in [0, 0.05) is 16.6 Å². The van der Waals surface area contributed by atoms with Crippen molar-refractivity contribution < 1.29 is 9.59 Å². The van der Waals surface area contributed by atoms with Crippen LogP contribution in [0.2, 0.25) is 5.02 Å². The van der Waals surface area contributed by atoms with Crippen LogP contribution in [0.4, 0.5) is 5.69 Å². The normalized spacial score (nSPS) is 14.6. The van der Waals surface area contributed by atoms with Crippen LogP contribution in [-0.4, -0.2) is 11.8 Å². The molecule has 25 heavy (non-hydrogen) atoms. The number of carbonyl (C=O) groups excluding carboxylic acids is 2. The van der Waals surface area contributed by atoms with Gasteiger partial charge in [-0.05, 0) is 55.2 Å². The van der Waals surface area contributed by atoms with Gasteiger partial charge >= 0.3 is 0 Å². The first kappa shape index (κ1) is 17.5. The largest absolute Gasteiger partial charge is 0.349 e. The molecule has 0 aliphatic heterocycles. The van der Waals surface area contributed by atoms with E-state index in [0.29, 0.717) is 11.4 Å². The first-order valence-electron chi connectivity index (χ1n) is 8.46. The van der Waals surface area contributed by atoms with E-state index >= 15 is 0 Å². The maximum absolute atomic E-state index is 12.2. The van der Waals surface area contributed by atoms with E-state index < -0.39 is 0 Å². The number of hydrogen-bond acceptors (Lipinski definition) is 2. The Hall–Kier alpha value is -2.33. The van der Waals surface area contributed by atoms with Crippen molar-refractivity contribution in [2.45, 2.75) is 32.2 Å². The molecule has 0 spiro atoms. The summed E-state index contributed by atoms with van der Waals surface area (Å²) in [4.78, 5) is 23.9. The number of carbonyl (C=O) groups is 2. The minimum Gasteiger partial charge on any atom is -0.349 e. The van der Waals surface area contributed by atoms with E-state index in [4.69, 9.17) is 11.6 Å². The number of rotatable bonds is 6. The van der Waals surface area contributed by atoms with E-state index in [-0.39, 0.29) is 23.8 Å². The van der Waals surface area contributed by atoms with Gasteiger partial charge in [0.05, 0.1) is 12.5 Å². The molecule has 2 N–H and O–H groups in total. The monoisotopic (exact) mass is 356 g/mol. The van der Waals surface area contributed by atoms with Crippen molar-refractivity contribution in [3.05, 3.63) is 64.7 Å². The Bertz CT molecular complexity index is 752. The molecular formula is C20H21ClN2O2. The van der Waals surface area contributed by atoms with Crippen LogP contribution < -0.4 is 10.6 Å². The quantitative estimate of drug-likeness (QED) is 0.818. The van der Waals surface area contributed by atoms with E-state index in [9.17, 15) is 9.59 Å². The van der Waals surface area contributed by atoms with Crippen LogP contribution in [0.5, 0.6) is 0 Å². The van der Waals surface area contributed by atoms with E-state index in [1.165, 1.54) is 0 Å². The number of benzene rings is 2. The van der Waals surface area contributed by atoms with Gasteiger partial charge in [0.25, 0.3) is 0 Å². The van der Waals surface area contributed by atoms with Crippen LogP contribution in [0.15, 0.2) is 48.5 Å². The van der Waals surface area contributed by atoms with E-state index in [0.717, 1.165) is 29.7 Å². The molecule has 3 rings (SSSR count). The Balaban J connectivity index is 1.53. The van der Waals surface area contributed by atoms with Gasteiger partial charge in [-0.15, -0.1) is 0 Å². The molecule has 130 valence electrons. The lowest BCUT2D eigenvalue weighted by Gasteiger charge is -2.15. The Labute approximate surface area is 152 Å². The van der Waals surface area contributed by atoms with E-state index in [2.05, 4.69) is 10.6 Å². The number of nitrogens with one attached hydrogen (secondary N) is 2. The fraction of sp³-hybridized carbons (Fsp3) is 0.300. The van der Waals surface area contributed by atoms with E-state index in [1.54, 1.807) is 12.1 Å². The summed E-state index contributed by atoms with van der Waals surface area (Å²) in [7, 11) is 0. The average Bonchev–Trinajstić information content (AvgIpc) is 3.42. The first-order chi connectivity index (χ1) is 12.0. The topological polar surface area (TPSA) is 58.2 Å². The smallest absolute Gasteiger partial charge is 0.227 e. The lowest BCUT2D eigenvalue weighted by molar-refractivity contribution is -0.121. The zero-order chi connectivity index (χ0) is 17.8. The summed E-state index contributed by atoms with van der Waals surface area (Å²) in [5.41, 5.74) is 2.71. The molecule has 4 nitrogen and oxygen atoms in total. The summed E-state index contributed by atoms with van der Waals surface area (Å²) in [6.07, 6.45) is 2.29. The van der Waals surface area contributed by atoms with Gasteiger partial charge in [0.15, 0.2) is 0 Å². The Morgan fingerprint density at radius 3 is 2.32 bits per heavy atom. The van der Waals surface area contributed by atoms with Crippen molar-refractivity contribution in [1.82, 2.24) is 5.32 Å². The minimum atomic E-state index is -0.104. The molecule has 2 aromatic rings. The molecule has 1 aliphatic carbocycles. The number of halogens is 1. The highest BCUT2D eigenvalue weighted by Crippen LogP contribution is 2.30. The highest BCUT2D eigenvalue weighted by molar-refractivity contribution is 6.30. The molecule has 0 aromatic heterocycles. The highest BCUT2D eigenvalue weighted by Gasteiger charge is 2.29. The zero-order valence-corrected chi connectivity index (χ0v) is 14.8. The zero-order valence-electron chi connectivity index (χ0n) is 14.1. The summed E-state index contributed by atoms with van der Waals surface area (Å²) in [6.45, 7) is 1.94. The highest BCUT2D eigenvalue weighted by atomic mass is 35.5. The number of anilines is 1. The van der Waals surface area contributed by atoms with Crippen molar-refractivity contribution in [3.8, 4) is 0 Å². The fourth-order valence-electron chi connectivity index (χ4n) is 2.61. The third kappa shape index (κ3) is 5.07. The maximum Gasteiger partial charge on any atom is 0.227 e. The molecule has 0 saturated heterocycles. The molecular weight excluding hydrogens is 336 g/mol. The second kappa shape index (κ2) is 7.70. The first-order valence-corrected chi connectivity index (χ1v) is 8.83. The Morgan fingerprint density at radius 2 is 1.72 bits per heavy atom. The van der Waals surface area contributed by atoms with Crippen LogP contribution in [0.3, 0.4) is 0 Å². The second-order valence-electron chi connectivity index (χ2n) is 6.48. The summed E-state index contributed by atoms with van der Waals surface area (Å²) in [5.74, 6) is 0.240. The molecule has 0 radical (unpaired) electrons. The number of amides is 2. The van der Waals surface area contributed by atoms with Gasteiger partial charge in [0.2, 0.25) is 11.8 Å². The third-order valence-corrected chi connectivity index (χ3v) is 4.53. The van der Waals surface area contributed by atoms with Gasteiger partial charge in [0.1, 0.15) is 0 Å². The van der Waals surface area contributed by atoms with Crippen molar-refractivity contribution in [1.29, 1.82) is 0 Å². The van der Waals surface area contributed by atoms with Gasteiger partial charge in [-0.2, -0.15) is 0 Å². The van der Waals surface area contributed by atoms with Gasteiger partial charge in [-0.1, -0.05) is 35.9 Å². The Kier molecular flexibility index (Phi) is 5.39. The van der Waals surface area contributed by atoms with E-state index in [1.807, 2.05) is 43.3 Å². The molecule has 1 aliphatic rings. The fourth-order valence-corrected chi connectivity index (χ4v) is 2.73. The van der Waals surface area contributed by atoms with Crippen molar-refractivity contribution in [2.24, 2.45) is 5.92 Å². The lowest BCUT2D eigenvalue weighted by atomic mass is 10.1. The van der Waals surface area contributed by atoms with Crippen LogP contribution in [-0.2, 0) is 16.0 Å². The molecule has 5 heteroatoms. The lowest BCUT2D eigenvalue weighted by Crippen LogP contribution is -2.28. The van der Waals surface area contributed by atoms with Crippen molar-refractivity contribution in [2.75, 3.05) is 5.32 Å². The maximum atomic E-state index is 12.2. The minimum absolute atomic E-state index is 0.0408. The van der Waals surface area contributed by atoms with Gasteiger partial charge in [-0.25, -0.2) is 0 Å². The predicted molar refractivity (Wildman–Crippen MR) is 99.5 cm³/mol. The molecule has 1 atom stereocenters. The number of hydrogen-bond donors (Lipinski definition) is 2. The molecule has 0 heterocycles. The third-order valence-electron chi connectivity index (χ3n) is 4.28. The molecule has 2 aromatic carbocycles. The standard InChI is InChI=1S/C20H21ClN2O2/c1-13(22-19(24)12-14-2-8-17(21)9-3-14)15-6-10-18(11-7-15)23-20(25)16-4-5-16/h2-3,6-11,13,16H,4-5,12H2,1H3,(H,22,24)(H,23,25). The summed E-state index contributed by atoms with van der Waals surface area (Å²) >= 11 is 5.85. The van der Waals surface area contributed by atoms with Gasteiger partial charge < -0.3 is 10.6 Å². The summed E-state index contributed by atoms with van der Waals surface area (Å²) in [5, 5.41) is 6.56. The van der Waals surface area contributed by atoms with Crippen molar-refractivity contribution in [3.63, 3.8) is 0 Å². The summed E-state index contributed by atoms with van der Waals surface area (Å²) in [6, 6.07) is 14.8. The van der Waals surface area contributed by atoms with Crippen LogP contribution in [0.25, 0.3) is 0 Å². The average molecular weight is 357 g/mol. The molecule has 0 bridgehead atoms. The Morgan fingerprint density at radius 1 is 1.08 bits per heavy atom. The van der Waals surface area contributed by atoms with Crippen LogP contribution in [0, 0.1) is 5.92 Å². The van der Waals surface area contributed by atoms with Crippen LogP contribution in [0.1, 0.15) is 36.9 Å². The molecule has 1 unspecified atom stereocenters. The second-order valence-corrected chi connectivity index (χ2v) is 6.91. The molecule has 2 amide bonds. The predicted octanol–water partition coefficient (Wildman–Crippen LogP) is 4.11. The molecule has 1 saturated carbocycles. The molecule has 1 fully saturated rings.